The fourth-order valence-electron chi connectivity index (χ4n) is 1.59. The highest BCUT2D eigenvalue weighted by Crippen LogP contribution is 2.07. The molecule has 1 amide bonds. The molecule has 0 fully saturated rings. The first-order valence-electron chi connectivity index (χ1n) is 6.32. The Morgan fingerprint density at radius 2 is 2.00 bits per heavy atom. The van der Waals surface area contributed by atoms with Crippen LogP contribution in [-0.2, 0) is 0 Å². The maximum absolute atomic E-state index is 11.8. The van der Waals surface area contributed by atoms with Gasteiger partial charge in [-0.25, -0.2) is 0 Å². The van der Waals surface area contributed by atoms with Gasteiger partial charge in [0.25, 0.3) is 5.91 Å². The Balaban J connectivity index is 2.35. The number of nitrogens with zero attached hydrogens (tertiary/aromatic N) is 1. The van der Waals surface area contributed by atoms with Gasteiger partial charge in [-0.05, 0) is 44.7 Å². The smallest absolute Gasteiger partial charge is 0.251 e. The number of rotatable bonds is 6. The topological polar surface area (TPSA) is 32.3 Å². The average Bonchev–Trinajstić information content (AvgIpc) is 2.38. The van der Waals surface area contributed by atoms with Gasteiger partial charge in [0.15, 0.2) is 0 Å². The molecule has 0 saturated heterocycles. The molecule has 1 aromatic rings. The van der Waals surface area contributed by atoms with Gasteiger partial charge in [-0.3, -0.25) is 4.79 Å². The summed E-state index contributed by atoms with van der Waals surface area (Å²) in [4.78, 5) is 14.9. The van der Waals surface area contributed by atoms with Crippen LogP contribution in [0.4, 0.5) is 0 Å². The van der Waals surface area contributed by atoms with Crippen molar-refractivity contribution in [2.75, 3.05) is 20.1 Å². The lowest BCUT2D eigenvalue weighted by Crippen LogP contribution is -2.37. The third-order valence-corrected chi connectivity index (χ3v) is 3.52. The van der Waals surface area contributed by atoms with E-state index in [0.717, 1.165) is 17.9 Å². The molecule has 1 aromatic carbocycles. The second-order valence-electron chi connectivity index (χ2n) is 4.54. The molecule has 3 nitrogen and oxygen atoms in total. The second kappa shape index (κ2) is 7.44. The average molecular weight is 266 g/mol. The fraction of sp³-hybridized carbons (Fsp3) is 0.500. The maximum atomic E-state index is 11.8. The van der Waals surface area contributed by atoms with Crippen LogP contribution < -0.4 is 5.32 Å². The van der Waals surface area contributed by atoms with Gasteiger partial charge in [0.05, 0.1) is 0 Å². The van der Waals surface area contributed by atoms with E-state index in [0.29, 0.717) is 18.2 Å². The first kappa shape index (κ1) is 15.1. The standard InChI is InChI=1S/C14H22N2OS/c1-4-11(2)16(3)10-9-15-14(17)12-5-7-13(18)8-6-12/h5-8,11,18H,4,9-10H2,1-3H3,(H,15,17). The summed E-state index contributed by atoms with van der Waals surface area (Å²) in [6.07, 6.45) is 1.12. The number of thiol groups is 1. The fourth-order valence-corrected chi connectivity index (χ4v) is 1.74. The van der Waals surface area contributed by atoms with Crippen molar-refractivity contribution in [3.63, 3.8) is 0 Å². The van der Waals surface area contributed by atoms with Gasteiger partial charge in [0.2, 0.25) is 0 Å². The van der Waals surface area contributed by atoms with Crippen LogP contribution in [0.5, 0.6) is 0 Å². The SMILES string of the molecule is CCC(C)N(C)CCNC(=O)c1ccc(S)cc1. The number of likely N-dealkylation sites (N-methyl/N-ethyl adjacent to an activating group) is 1. The summed E-state index contributed by atoms with van der Waals surface area (Å²) in [6, 6.07) is 7.77. The number of carbonyl (C=O) groups is 1. The molecule has 0 aliphatic heterocycles. The minimum absolute atomic E-state index is 0.0270. The lowest BCUT2D eigenvalue weighted by molar-refractivity contribution is 0.0947. The summed E-state index contributed by atoms with van der Waals surface area (Å²) in [6.45, 7) is 5.89. The van der Waals surface area contributed by atoms with Crippen LogP contribution in [0.3, 0.4) is 0 Å². The zero-order valence-electron chi connectivity index (χ0n) is 11.3. The van der Waals surface area contributed by atoms with Crippen molar-refractivity contribution in [3.8, 4) is 0 Å². The lowest BCUT2D eigenvalue weighted by atomic mass is 10.2. The van der Waals surface area contributed by atoms with Crippen molar-refractivity contribution < 1.29 is 4.79 Å². The van der Waals surface area contributed by atoms with Crippen LogP contribution in [0.15, 0.2) is 29.2 Å². The Kier molecular flexibility index (Phi) is 6.22. The monoisotopic (exact) mass is 266 g/mol. The van der Waals surface area contributed by atoms with Crippen molar-refractivity contribution in [3.05, 3.63) is 29.8 Å². The molecule has 100 valence electrons. The molecule has 0 aliphatic rings. The number of carbonyl (C=O) groups excluding carboxylic acids is 1. The molecule has 0 aromatic heterocycles. The largest absolute Gasteiger partial charge is 0.351 e. The normalized spacial score (nSPS) is 12.5. The van der Waals surface area contributed by atoms with Crippen molar-refractivity contribution >= 4 is 18.5 Å². The first-order chi connectivity index (χ1) is 8.54. The number of benzene rings is 1. The zero-order chi connectivity index (χ0) is 13.5. The Labute approximate surface area is 115 Å². The molecule has 1 rings (SSSR count). The number of amides is 1. The summed E-state index contributed by atoms with van der Waals surface area (Å²) < 4.78 is 0. The Morgan fingerprint density at radius 3 is 2.56 bits per heavy atom. The zero-order valence-corrected chi connectivity index (χ0v) is 12.2. The molecule has 18 heavy (non-hydrogen) atoms. The van der Waals surface area contributed by atoms with E-state index in [4.69, 9.17) is 0 Å². The van der Waals surface area contributed by atoms with E-state index in [2.05, 4.69) is 43.7 Å². The minimum atomic E-state index is -0.0270. The van der Waals surface area contributed by atoms with Gasteiger partial charge in [-0.15, -0.1) is 12.6 Å². The van der Waals surface area contributed by atoms with Crippen molar-refractivity contribution in [2.24, 2.45) is 0 Å². The molecule has 4 heteroatoms. The quantitative estimate of drug-likeness (QED) is 0.775. The maximum Gasteiger partial charge on any atom is 0.251 e. The van der Waals surface area contributed by atoms with Crippen LogP contribution in [0.25, 0.3) is 0 Å². The molecule has 0 bridgehead atoms. The predicted molar refractivity (Wildman–Crippen MR) is 78.4 cm³/mol. The molecule has 1 unspecified atom stereocenters. The van der Waals surface area contributed by atoms with Gasteiger partial charge < -0.3 is 10.2 Å². The van der Waals surface area contributed by atoms with Crippen LogP contribution >= 0.6 is 12.6 Å². The van der Waals surface area contributed by atoms with E-state index in [1.54, 1.807) is 12.1 Å². The van der Waals surface area contributed by atoms with Gasteiger partial charge >= 0.3 is 0 Å². The molecule has 0 heterocycles. The van der Waals surface area contributed by atoms with Gasteiger partial charge in [-0.1, -0.05) is 6.92 Å². The third kappa shape index (κ3) is 4.70. The van der Waals surface area contributed by atoms with E-state index in [9.17, 15) is 4.79 Å². The second-order valence-corrected chi connectivity index (χ2v) is 5.06. The highest BCUT2D eigenvalue weighted by Gasteiger charge is 2.08. The highest BCUT2D eigenvalue weighted by molar-refractivity contribution is 7.80. The van der Waals surface area contributed by atoms with Crippen molar-refractivity contribution in [2.45, 2.75) is 31.2 Å². The molecule has 0 saturated carbocycles. The third-order valence-electron chi connectivity index (χ3n) is 3.22. The van der Waals surface area contributed by atoms with Crippen LogP contribution in [-0.4, -0.2) is 37.0 Å². The van der Waals surface area contributed by atoms with E-state index in [1.807, 2.05) is 12.1 Å². The van der Waals surface area contributed by atoms with Gasteiger partial charge in [0, 0.05) is 29.6 Å². The van der Waals surface area contributed by atoms with E-state index >= 15 is 0 Å². The molecule has 0 radical (unpaired) electrons. The number of hydrogen-bond donors (Lipinski definition) is 2. The summed E-state index contributed by atoms with van der Waals surface area (Å²) in [5, 5.41) is 2.92. The predicted octanol–water partition coefficient (Wildman–Crippen LogP) is 2.44. The Hall–Kier alpha value is -1.00. The molecule has 1 atom stereocenters. The van der Waals surface area contributed by atoms with Gasteiger partial charge in [0.1, 0.15) is 0 Å². The first-order valence-corrected chi connectivity index (χ1v) is 6.76. The molecular weight excluding hydrogens is 244 g/mol. The molecular formula is C14H22N2OS. The van der Waals surface area contributed by atoms with Crippen LogP contribution in [0, 0.1) is 0 Å². The summed E-state index contributed by atoms with van der Waals surface area (Å²) in [5.74, 6) is -0.0270. The minimum Gasteiger partial charge on any atom is -0.351 e. The summed E-state index contributed by atoms with van der Waals surface area (Å²) >= 11 is 4.19. The van der Waals surface area contributed by atoms with Crippen molar-refractivity contribution in [1.29, 1.82) is 0 Å². The Morgan fingerprint density at radius 1 is 1.39 bits per heavy atom. The van der Waals surface area contributed by atoms with Crippen molar-refractivity contribution in [1.82, 2.24) is 10.2 Å². The van der Waals surface area contributed by atoms with E-state index in [-0.39, 0.29) is 5.91 Å². The van der Waals surface area contributed by atoms with E-state index < -0.39 is 0 Å². The summed E-state index contributed by atoms with van der Waals surface area (Å²) in [5.41, 5.74) is 0.680. The Bertz CT molecular complexity index is 378. The van der Waals surface area contributed by atoms with E-state index in [1.165, 1.54) is 0 Å². The highest BCUT2D eigenvalue weighted by atomic mass is 32.1. The van der Waals surface area contributed by atoms with Crippen LogP contribution in [0.2, 0.25) is 0 Å². The lowest BCUT2D eigenvalue weighted by Gasteiger charge is -2.23. The number of hydrogen-bond acceptors (Lipinski definition) is 3. The summed E-state index contributed by atoms with van der Waals surface area (Å²) in [7, 11) is 2.08. The molecule has 0 spiro atoms. The van der Waals surface area contributed by atoms with Gasteiger partial charge in [-0.2, -0.15) is 0 Å². The van der Waals surface area contributed by atoms with Crippen LogP contribution in [0.1, 0.15) is 30.6 Å². The molecule has 1 N–H and O–H groups in total. The number of nitrogens with one attached hydrogen (secondary N) is 1. The molecule has 0 aliphatic carbocycles.